The topological polar surface area (TPSA) is 3.88 Å². The van der Waals surface area contributed by atoms with Gasteiger partial charge in [-0.3, -0.25) is 0 Å². The molecule has 5 rings (SSSR count). The minimum Gasteiger partial charge on any atom is -0.200 e. The molecular formula is C26H28N+. The third-order valence-electron chi connectivity index (χ3n) is 6.94. The summed E-state index contributed by atoms with van der Waals surface area (Å²) < 4.78 is 2.27. The van der Waals surface area contributed by atoms with E-state index in [4.69, 9.17) is 0 Å². The molecule has 3 aromatic rings. The number of aryl methyl sites for hydroxylation is 2. The molecule has 2 saturated carbocycles. The molecule has 0 spiro atoms. The Balaban J connectivity index is 1.48. The molecule has 0 radical (unpaired) electrons. The summed E-state index contributed by atoms with van der Waals surface area (Å²) in [6, 6.07) is 22.5. The summed E-state index contributed by atoms with van der Waals surface area (Å²) in [5.74, 6) is 2.73. The lowest BCUT2D eigenvalue weighted by molar-refractivity contribution is -0.659. The number of hydrogen-bond acceptors (Lipinski definition) is 0. The number of pyridine rings is 1. The fourth-order valence-electron chi connectivity index (χ4n) is 5.52. The molecular weight excluding hydrogens is 326 g/mol. The molecule has 2 aliphatic rings. The van der Waals surface area contributed by atoms with E-state index < -0.39 is 0 Å². The third-order valence-corrected chi connectivity index (χ3v) is 6.94. The van der Waals surface area contributed by atoms with Gasteiger partial charge < -0.3 is 0 Å². The van der Waals surface area contributed by atoms with Crippen molar-refractivity contribution in [3.05, 3.63) is 78.0 Å². The van der Waals surface area contributed by atoms with Crippen molar-refractivity contribution >= 4 is 0 Å². The molecule has 136 valence electrons. The second-order valence-electron chi connectivity index (χ2n) is 8.64. The highest BCUT2D eigenvalue weighted by Crippen LogP contribution is 2.53. The molecule has 0 aliphatic heterocycles. The van der Waals surface area contributed by atoms with E-state index in [1.807, 2.05) is 0 Å². The van der Waals surface area contributed by atoms with Crippen molar-refractivity contribution in [2.24, 2.45) is 18.9 Å². The van der Waals surface area contributed by atoms with Crippen LogP contribution in [0.5, 0.6) is 0 Å². The first-order valence-corrected chi connectivity index (χ1v) is 10.3. The van der Waals surface area contributed by atoms with Gasteiger partial charge in [0.1, 0.15) is 7.05 Å². The van der Waals surface area contributed by atoms with Crippen LogP contribution < -0.4 is 4.57 Å². The van der Waals surface area contributed by atoms with Gasteiger partial charge in [0.25, 0.3) is 0 Å². The van der Waals surface area contributed by atoms with Crippen molar-refractivity contribution in [2.45, 2.75) is 38.5 Å². The molecule has 0 amide bonds. The van der Waals surface area contributed by atoms with E-state index in [9.17, 15) is 0 Å². The van der Waals surface area contributed by atoms with E-state index in [2.05, 4.69) is 85.4 Å². The van der Waals surface area contributed by atoms with Crippen molar-refractivity contribution in [3.63, 3.8) is 0 Å². The van der Waals surface area contributed by atoms with Crippen LogP contribution in [-0.2, 0) is 7.05 Å². The Labute approximate surface area is 162 Å². The highest BCUT2D eigenvalue weighted by Gasteiger charge is 2.40. The molecule has 3 unspecified atom stereocenters. The van der Waals surface area contributed by atoms with Crippen LogP contribution in [0.25, 0.3) is 22.4 Å². The minimum atomic E-state index is 0.795. The fourth-order valence-corrected chi connectivity index (χ4v) is 5.52. The molecule has 0 saturated heterocycles. The molecule has 27 heavy (non-hydrogen) atoms. The summed E-state index contributed by atoms with van der Waals surface area (Å²) in [5.41, 5.74) is 8.11. The fraction of sp³-hybridized carbons (Fsp3) is 0.346. The standard InChI is InChI=1S/C26H28N/c1-18-6-3-4-9-24(18)26-13-12-23(17-27(26)2)20-7-5-8-21(16-20)25-15-19-10-11-22(25)14-19/h3-9,12-13,16-17,19,22,25H,10-11,14-15H2,1-2H3/q+1. The Hall–Kier alpha value is -2.41. The van der Waals surface area contributed by atoms with Gasteiger partial charge in [-0.1, -0.05) is 48.9 Å². The van der Waals surface area contributed by atoms with Crippen molar-refractivity contribution in [1.29, 1.82) is 0 Å². The van der Waals surface area contributed by atoms with Crippen LogP contribution in [0.3, 0.4) is 0 Å². The number of benzene rings is 2. The first kappa shape index (κ1) is 16.7. The van der Waals surface area contributed by atoms with Gasteiger partial charge in [-0.25, -0.2) is 4.57 Å². The average molecular weight is 355 g/mol. The molecule has 1 aromatic heterocycles. The molecule has 2 aromatic carbocycles. The third kappa shape index (κ3) is 3.00. The summed E-state index contributed by atoms with van der Waals surface area (Å²) in [6.07, 6.45) is 8.07. The maximum Gasteiger partial charge on any atom is 0.212 e. The van der Waals surface area contributed by atoms with Gasteiger partial charge in [-0.2, -0.15) is 0 Å². The van der Waals surface area contributed by atoms with Gasteiger partial charge in [-0.15, -0.1) is 0 Å². The smallest absolute Gasteiger partial charge is 0.200 e. The molecule has 1 heterocycles. The van der Waals surface area contributed by atoms with Crippen LogP contribution in [0.15, 0.2) is 66.9 Å². The van der Waals surface area contributed by atoms with Crippen LogP contribution in [0, 0.1) is 18.8 Å². The van der Waals surface area contributed by atoms with Gasteiger partial charge in [0, 0.05) is 17.2 Å². The summed E-state index contributed by atoms with van der Waals surface area (Å²) in [6.45, 7) is 2.18. The van der Waals surface area contributed by atoms with E-state index in [0.717, 1.165) is 17.8 Å². The molecule has 3 atom stereocenters. The lowest BCUT2D eigenvalue weighted by atomic mass is 9.82. The van der Waals surface area contributed by atoms with E-state index in [-0.39, 0.29) is 0 Å². The summed E-state index contributed by atoms with van der Waals surface area (Å²) in [7, 11) is 2.16. The maximum atomic E-state index is 2.45. The van der Waals surface area contributed by atoms with E-state index in [0.29, 0.717) is 0 Å². The van der Waals surface area contributed by atoms with Crippen LogP contribution in [-0.4, -0.2) is 0 Å². The highest BCUT2D eigenvalue weighted by molar-refractivity contribution is 5.66. The van der Waals surface area contributed by atoms with Crippen molar-refractivity contribution in [1.82, 2.24) is 0 Å². The van der Waals surface area contributed by atoms with Crippen LogP contribution in [0.1, 0.15) is 42.7 Å². The molecule has 2 bridgehead atoms. The Morgan fingerprint density at radius 1 is 0.852 bits per heavy atom. The van der Waals surface area contributed by atoms with E-state index >= 15 is 0 Å². The summed E-state index contributed by atoms with van der Waals surface area (Å²) >= 11 is 0. The van der Waals surface area contributed by atoms with Gasteiger partial charge in [-0.05, 0) is 72.8 Å². The van der Waals surface area contributed by atoms with Gasteiger partial charge in [0.2, 0.25) is 5.69 Å². The number of aromatic nitrogens is 1. The lowest BCUT2D eigenvalue weighted by Crippen LogP contribution is -2.30. The van der Waals surface area contributed by atoms with Crippen LogP contribution in [0.4, 0.5) is 0 Å². The molecule has 1 nitrogen and oxygen atoms in total. The minimum absolute atomic E-state index is 0.795. The SMILES string of the molecule is Cc1ccccc1-c1ccc(-c2cccc(C3CC4CCC3C4)c2)c[n+]1C. The molecule has 2 fully saturated rings. The second-order valence-corrected chi connectivity index (χ2v) is 8.64. The Morgan fingerprint density at radius 2 is 1.74 bits per heavy atom. The zero-order valence-corrected chi connectivity index (χ0v) is 16.4. The number of hydrogen-bond donors (Lipinski definition) is 0. The van der Waals surface area contributed by atoms with Crippen LogP contribution in [0.2, 0.25) is 0 Å². The van der Waals surface area contributed by atoms with Gasteiger partial charge in [0.15, 0.2) is 6.20 Å². The number of nitrogens with zero attached hydrogens (tertiary/aromatic N) is 1. The zero-order chi connectivity index (χ0) is 18.4. The van der Waals surface area contributed by atoms with Gasteiger partial charge >= 0.3 is 0 Å². The van der Waals surface area contributed by atoms with Gasteiger partial charge in [0.05, 0.1) is 0 Å². The predicted octanol–water partition coefficient (Wildman–Crippen LogP) is 6.06. The lowest BCUT2D eigenvalue weighted by Gasteiger charge is -2.22. The van der Waals surface area contributed by atoms with Crippen molar-refractivity contribution in [3.8, 4) is 22.4 Å². The maximum absolute atomic E-state index is 2.45. The zero-order valence-electron chi connectivity index (χ0n) is 16.4. The molecule has 1 heteroatoms. The van der Waals surface area contributed by atoms with E-state index in [1.165, 1.54) is 53.6 Å². The normalized spacial score (nSPS) is 23.7. The Bertz CT molecular complexity index is 987. The molecule has 0 N–H and O–H groups in total. The quantitative estimate of drug-likeness (QED) is 0.504. The predicted molar refractivity (Wildman–Crippen MR) is 111 cm³/mol. The number of fused-ring (bicyclic) bond motifs is 2. The number of rotatable bonds is 3. The largest absolute Gasteiger partial charge is 0.212 e. The summed E-state index contributed by atoms with van der Waals surface area (Å²) in [5, 5.41) is 0. The molecule has 2 aliphatic carbocycles. The Kier molecular flexibility index (Phi) is 4.11. The monoisotopic (exact) mass is 354 g/mol. The highest BCUT2D eigenvalue weighted by atomic mass is 14.9. The van der Waals surface area contributed by atoms with Crippen molar-refractivity contribution in [2.75, 3.05) is 0 Å². The van der Waals surface area contributed by atoms with Crippen molar-refractivity contribution < 1.29 is 4.57 Å². The Morgan fingerprint density at radius 3 is 2.48 bits per heavy atom. The second kappa shape index (κ2) is 6.64. The first-order valence-electron chi connectivity index (χ1n) is 10.3. The first-order chi connectivity index (χ1) is 13.2. The van der Waals surface area contributed by atoms with E-state index in [1.54, 1.807) is 5.56 Å². The summed E-state index contributed by atoms with van der Waals surface area (Å²) in [4.78, 5) is 0. The average Bonchev–Trinajstić information content (AvgIpc) is 3.32. The van der Waals surface area contributed by atoms with Crippen LogP contribution >= 0.6 is 0 Å².